The Balaban J connectivity index is 2.87. The minimum absolute atomic E-state index is 0.327. The van der Waals surface area contributed by atoms with E-state index in [2.05, 4.69) is 0 Å². The minimum atomic E-state index is -0.909. The van der Waals surface area contributed by atoms with Gasteiger partial charge in [-0.15, -0.1) is 11.3 Å². The first-order valence-electron chi connectivity index (χ1n) is 4.09. The first-order valence-corrected chi connectivity index (χ1v) is 4.90. The molecule has 14 heavy (non-hydrogen) atoms. The number of allylic oxidation sites excluding steroid dienone is 1. The van der Waals surface area contributed by atoms with Crippen molar-refractivity contribution in [3.05, 3.63) is 27.5 Å². The lowest BCUT2D eigenvalue weighted by atomic mass is 10.2. The summed E-state index contributed by atoms with van der Waals surface area (Å²) < 4.78 is 0. The van der Waals surface area contributed by atoms with Gasteiger partial charge in [-0.25, -0.2) is 4.79 Å². The maximum Gasteiger partial charge on any atom is 0.345 e. The van der Waals surface area contributed by atoms with Crippen molar-refractivity contribution in [1.29, 1.82) is 0 Å². The first-order chi connectivity index (χ1) is 6.65. The molecule has 0 aromatic carbocycles. The summed E-state index contributed by atoms with van der Waals surface area (Å²) in [6, 6.07) is 1.63. The summed E-state index contributed by atoms with van der Waals surface area (Å²) in [6.45, 7) is 1.85. The van der Waals surface area contributed by atoms with Crippen LogP contribution in [0.25, 0.3) is 6.08 Å². The third-order valence-corrected chi connectivity index (χ3v) is 2.86. The number of carbonyl (C=O) groups is 2. The average molecular weight is 210 g/mol. The Morgan fingerprint density at radius 2 is 2.36 bits per heavy atom. The van der Waals surface area contributed by atoms with Gasteiger partial charge in [-0.1, -0.05) is 6.08 Å². The molecule has 0 saturated heterocycles. The van der Waals surface area contributed by atoms with E-state index in [1.807, 2.05) is 6.92 Å². The second-order valence-corrected chi connectivity index (χ2v) is 3.85. The van der Waals surface area contributed by atoms with E-state index < -0.39 is 5.97 Å². The summed E-state index contributed by atoms with van der Waals surface area (Å²) in [5.41, 5.74) is 0.926. The third-order valence-electron chi connectivity index (χ3n) is 1.67. The molecule has 1 aromatic rings. The van der Waals surface area contributed by atoms with Crippen LogP contribution in [0, 0.1) is 6.92 Å². The number of carboxylic acids is 1. The van der Waals surface area contributed by atoms with Crippen molar-refractivity contribution in [3.63, 3.8) is 0 Å². The number of aldehydes is 1. The van der Waals surface area contributed by atoms with Crippen LogP contribution in [-0.4, -0.2) is 17.4 Å². The number of carboxylic acid groups (broad SMARTS) is 1. The summed E-state index contributed by atoms with van der Waals surface area (Å²) in [6.07, 6.45) is 4.66. The Morgan fingerprint density at radius 1 is 1.64 bits per heavy atom. The fourth-order valence-electron chi connectivity index (χ4n) is 0.998. The van der Waals surface area contributed by atoms with E-state index in [9.17, 15) is 9.59 Å². The van der Waals surface area contributed by atoms with E-state index in [0.29, 0.717) is 11.3 Å². The van der Waals surface area contributed by atoms with Gasteiger partial charge < -0.3 is 9.90 Å². The molecule has 0 aliphatic carbocycles. The van der Waals surface area contributed by atoms with Gasteiger partial charge in [-0.05, 0) is 24.6 Å². The van der Waals surface area contributed by atoms with Crippen molar-refractivity contribution in [2.75, 3.05) is 0 Å². The number of rotatable bonds is 4. The van der Waals surface area contributed by atoms with Crippen LogP contribution < -0.4 is 0 Å². The molecule has 0 aliphatic heterocycles. The zero-order valence-corrected chi connectivity index (χ0v) is 8.50. The lowest BCUT2D eigenvalue weighted by Gasteiger charge is -1.86. The summed E-state index contributed by atoms with van der Waals surface area (Å²) in [4.78, 5) is 21.9. The standard InChI is InChI=1S/C10H10O3S/c1-7-6-9(10(12)13)14-8(7)4-2-3-5-11/h2,4-6H,3H2,1H3,(H,12,13). The highest BCUT2D eigenvalue weighted by atomic mass is 32.1. The molecule has 0 aliphatic rings. The highest BCUT2D eigenvalue weighted by Gasteiger charge is 2.08. The minimum Gasteiger partial charge on any atom is -0.477 e. The average Bonchev–Trinajstić information content (AvgIpc) is 2.49. The third kappa shape index (κ3) is 2.53. The van der Waals surface area contributed by atoms with Crippen molar-refractivity contribution in [2.24, 2.45) is 0 Å². The maximum absolute atomic E-state index is 10.6. The molecular formula is C10H10O3S. The summed E-state index contributed by atoms with van der Waals surface area (Å²) in [7, 11) is 0. The van der Waals surface area contributed by atoms with Crippen molar-refractivity contribution in [3.8, 4) is 0 Å². The predicted octanol–water partition coefficient (Wildman–Crippen LogP) is 2.36. The Hall–Kier alpha value is -1.42. The lowest BCUT2D eigenvalue weighted by molar-refractivity contribution is -0.107. The quantitative estimate of drug-likeness (QED) is 0.776. The zero-order chi connectivity index (χ0) is 10.6. The molecule has 1 rings (SSSR count). The second-order valence-electron chi connectivity index (χ2n) is 2.77. The fourth-order valence-corrected chi connectivity index (χ4v) is 1.94. The molecule has 0 atom stereocenters. The summed E-state index contributed by atoms with van der Waals surface area (Å²) in [5, 5.41) is 8.72. The van der Waals surface area contributed by atoms with Crippen LogP contribution >= 0.6 is 11.3 Å². The highest BCUT2D eigenvalue weighted by Crippen LogP contribution is 2.23. The van der Waals surface area contributed by atoms with Crippen molar-refractivity contribution < 1.29 is 14.7 Å². The molecule has 0 radical (unpaired) electrons. The second kappa shape index (κ2) is 4.72. The van der Waals surface area contributed by atoms with E-state index in [1.54, 1.807) is 18.2 Å². The van der Waals surface area contributed by atoms with Gasteiger partial charge in [0.25, 0.3) is 0 Å². The molecule has 1 aromatic heterocycles. The number of carbonyl (C=O) groups excluding carboxylic acids is 1. The summed E-state index contributed by atoms with van der Waals surface area (Å²) >= 11 is 1.22. The smallest absolute Gasteiger partial charge is 0.345 e. The van der Waals surface area contributed by atoms with Crippen LogP contribution in [0.15, 0.2) is 12.1 Å². The van der Waals surface area contributed by atoms with Crippen LogP contribution in [0.2, 0.25) is 0 Å². The topological polar surface area (TPSA) is 54.4 Å². The Kier molecular flexibility index (Phi) is 3.59. The molecule has 1 N–H and O–H groups in total. The Morgan fingerprint density at radius 3 is 2.86 bits per heavy atom. The monoisotopic (exact) mass is 210 g/mol. The van der Waals surface area contributed by atoms with Gasteiger partial charge in [-0.2, -0.15) is 0 Å². The molecule has 0 saturated carbocycles. The predicted molar refractivity (Wildman–Crippen MR) is 55.7 cm³/mol. The van der Waals surface area contributed by atoms with Crippen LogP contribution in [-0.2, 0) is 4.79 Å². The fraction of sp³-hybridized carbons (Fsp3) is 0.200. The highest BCUT2D eigenvalue weighted by molar-refractivity contribution is 7.15. The number of hydrogen-bond donors (Lipinski definition) is 1. The van der Waals surface area contributed by atoms with Gasteiger partial charge in [-0.3, -0.25) is 0 Å². The van der Waals surface area contributed by atoms with Crippen molar-refractivity contribution in [2.45, 2.75) is 13.3 Å². The molecule has 0 unspecified atom stereocenters. The maximum atomic E-state index is 10.6. The van der Waals surface area contributed by atoms with E-state index in [-0.39, 0.29) is 0 Å². The number of aromatic carboxylic acids is 1. The van der Waals surface area contributed by atoms with Crippen LogP contribution in [0.1, 0.15) is 26.5 Å². The largest absolute Gasteiger partial charge is 0.477 e. The SMILES string of the molecule is Cc1cc(C(=O)O)sc1C=CCC=O. The Bertz CT molecular complexity index is 377. The van der Waals surface area contributed by atoms with Crippen molar-refractivity contribution in [1.82, 2.24) is 0 Å². The molecule has 4 heteroatoms. The molecular weight excluding hydrogens is 200 g/mol. The van der Waals surface area contributed by atoms with E-state index in [1.165, 1.54) is 11.3 Å². The molecule has 74 valence electrons. The van der Waals surface area contributed by atoms with E-state index in [0.717, 1.165) is 16.7 Å². The first kappa shape index (κ1) is 10.7. The number of thiophene rings is 1. The van der Waals surface area contributed by atoms with Crippen LogP contribution in [0.4, 0.5) is 0 Å². The normalized spacial score (nSPS) is 10.6. The van der Waals surface area contributed by atoms with Crippen LogP contribution in [0.5, 0.6) is 0 Å². The number of aryl methyl sites for hydroxylation is 1. The molecule has 0 amide bonds. The summed E-state index contributed by atoms with van der Waals surface area (Å²) in [5.74, 6) is -0.909. The molecule has 0 bridgehead atoms. The van der Waals surface area contributed by atoms with Gasteiger partial charge in [0.15, 0.2) is 0 Å². The lowest BCUT2D eigenvalue weighted by Crippen LogP contribution is -1.89. The van der Waals surface area contributed by atoms with Gasteiger partial charge in [0.1, 0.15) is 11.2 Å². The van der Waals surface area contributed by atoms with Gasteiger partial charge in [0, 0.05) is 11.3 Å². The van der Waals surface area contributed by atoms with Crippen molar-refractivity contribution >= 4 is 29.7 Å². The Labute approximate surface area is 85.7 Å². The van der Waals surface area contributed by atoms with E-state index >= 15 is 0 Å². The van der Waals surface area contributed by atoms with Gasteiger partial charge >= 0.3 is 5.97 Å². The molecule has 1 heterocycles. The molecule has 0 fully saturated rings. The van der Waals surface area contributed by atoms with E-state index in [4.69, 9.17) is 5.11 Å². The number of hydrogen-bond acceptors (Lipinski definition) is 3. The molecule has 3 nitrogen and oxygen atoms in total. The molecule has 0 spiro atoms. The van der Waals surface area contributed by atoms with Gasteiger partial charge in [0.2, 0.25) is 0 Å². The zero-order valence-electron chi connectivity index (χ0n) is 7.69. The van der Waals surface area contributed by atoms with Crippen LogP contribution in [0.3, 0.4) is 0 Å². The van der Waals surface area contributed by atoms with Gasteiger partial charge in [0.05, 0.1) is 0 Å².